The van der Waals surface area contributed by atoms with Gasteiger partial charge in [0.2, 0.25) is 5.91 Å². The van der Waals surface area contributed by atoms with Crippen LogP contribution in [0.15, 0.2) is 21.2 Å². The van der Waals surface area contributed by atoms with Gasteiger partial charge >= 0.3 is 10.2 Å². The zero-order chi connectivity index (χ0) is 13.5. The number of hydrogen-bond acceptors (Lipinski definition) is 4. The quantitative estimate of drug-likeness (QED) is 0.711. The maximum Gasteiger partial charge on any atom is 0.307 e. The minimum atomic E-state index is -4.71. The Balaban J connectivity index is 2.33. The van der Waals surface area contributed by atoms with Crippen LogP contribution in [-0.2, 0) is 15.0 Å². The molecule has 1 aliphatic rings. The van der Waals surface area contributed by atoms with Crippen molar-refractivity contribution < 1.29 is 17.1 Å². The number of aromatic nitrogens is 1. The smallest absolute Gasteiger partial charge is 0.294 e. The molecule has 5 nitrogen and oxygen atoms in total. The normalized spacial score (nSPS) is 20.5. The Morgan fingerprint density at radius 3 is 2.61 bits per heavy atom. The molecule has 0 bridgehead atoms. The minimum absolute atomic E-state index is 0.217. The molecule has 0 aliphatic carbocycles. The highest BCUT2D eigenvalue weighted by Gasteiger charge is 2.40. The highest BCUT2D eigenvalue weighted by Crippen LogP contribution is 2.31. The van der Waals surface area contributed by atoms with Gasteiger partial charge < -0.3 is 0 Å². The molecular formula is C9H7Br2FN2O3S. The first-order chi connectivity index (χ1) is 8.29. The van der Waals surface area contributed by atoms with Crippen LogP contribution >= 0.6 is 31.9 Å². The average molecular weight is 402 g/mol. The number of carbonyl (C=O) groups is 1. The van der Waals surface area contributed by atoms with E-state index in [0.717, 1.165) is 4.90 Å². The Hall–Kier alpha value is -0.540. The topological polar surface area (TPSA) is 67.3 Å². The second kappa shape index (κ2) is 4.86. The van der Waals surface area contributed by atoms with Gasteiger partial charge in [-0.05, 0) is 37.9 Å². The van der Waals surface area contributed by atoms with Crippen molar-refractivity contribution in [1.29, 1.82) is 0 Å². The van der Waals surface area contributed by atoms with Gasteiger partial charge in [0.25, 0.3) is 0 Å². The number of carbonyl (C=O) groups excluding carboxylic acids is 1. The van der Waals surface area contributed by atoms with E-state index >= 15 is 0 Å². The second-order valence-electron chi connectivity index (χ2n) is 3.77. The number of nitrogens with zero attached hydrogens (tertiary/aromatic N) is 2. The van der Waals surface area contributed by atoms with Crippen LogP contribution in [0.25, 0.3) is 0 Å². The van der Waals surface area contributed by atoms with Crippen LogP contribution in [-0.4, -0.2) is 31.1 Å². The summed E-state index contributed by atoms with van der Waals surface area (Å²) in [7, 11) is -4.71. The summed E-state index contributed by atoms with van der Waals surface area (Å²) in [6, 6.07) is 1.67. The van der Waals surface area contributed by atoms with Crippen LogP contribution in [0.5, 0.6) is 0 Å². The van der Waals surface area contributed by atoms with E-state index in [2.05, 4.69) is 36.8 Å². The van der Waals surface area contributed by atoms with Gasteiger partial charge in [-0.3, -0.25) is 9.69 Å². The van der Waals surface area contributed by atoms with Crippen molar-refractivity contribution in [3.8, 4) is 0 Å². The first-order valence-electron chi connectivity index (χ1n) is 4.84. The van der Waals surface area contributed by atoms with E-state index < -0.39 is 21.4 Å². The summed E-state index contributed by atoms with van der Waals surface area (Å²) in [5.74, 6) is -0.175. The second-order valence-corrected chi connectivity index (χ2v) is 7.15. The predicted molar refractivity (Wildman–Crippen MR) is 70.4 cm³/mol. The lowest BCUT2D eigenvalue weighted by Crippen LogP contribution is -2.28. The van der Waals surface area contributed by atoms with Gasteiger partial charge in [-0.2, -0.15) is 8.42 Å². The SMILES string of the molecule is O=C1CC(S(=O)(=O)F)CN1c1ncc(Br)cc1Br. The van der Waals surface area contributed by atoms with Crippen molar-refractivity contribution in [2.45, 2.75) is 11.7 Å². The van der Waals surface area contributed by atoms with E-state index in [-0.39, 0.29) is 18.8 Å². The molecule has 1 aliphatic heterocycles. The van der Waals surface area contributed by atoms with Crippen molar-refractivity contribution in [2.24, 2.45) is 0 Å². The summed E-state index contributed by atoms with van der Waals surface area (Å²) >= 11 is 6.44. The standard InChI is InChI=1S/C9H7Br2FN2O3S/c10-5-1-7(11)9(13-3-5)14-4-6(2-8(14)15)18(12,16)17/h1,3,6H,2,4H2. The Morgan fingerprint density at radius 2 is 2.11 bits per heavy atom. The molecule has 1 aromatic heterocycles. The third kappa shape index (κ3) is 2.72. The summed E-state index contributed by atoms with van der Waals surface area (Å²) in [5.41, 5.74) is 0. The predicted octanol–water partition coefficient (Wildman–Crippen LogP) is 2.01. The molecule has 0 aromatic carbocycles. The Bertz CT molecular complexity index is 608. The fourth-order valence-electron chi connectivity index (χ4n) is 1.67. The monoisotopic (exact) mass is 400 g/mol. The van der Waals surface area contributed by atoms with Crippen LogP contribution in [0.1, 0.15) is 6.42 Å². The fourth-order valence-corrected chi connectivity index (χ4v) is 3.54. The Kier molecular flexibility index (Phi) is 3.75. The highest BCUT2D eigenvalue weighted by molar-refractivity contribution is 9.11. The van der Waals surface area contributed by atoms with E-state index in [1.807, 2.05) is 0 Å². The van der Waals surface area contributed by atoms with E-state index in [1.165, 1.54) is 6.20 Å². The number of rotatable bonds is 2. The van der Waals surface area contributed by atoms with Gasteiger partial charge in [0, 0.05) is 23.6 Å². The van der Waals surface area contributed by atoms with E-state index in [0.29, 0.717) is 8.95 Å². The van der Waals surface area contributed by atoms with Crippen LogP contribution in [0, 0.1) is 0 Å². The zero-order valence-corrected chi connectivity index (χ0v) is 12.8. The third-order valence-electron chi connectivity index (χ3n) is 2.53. The van der Waals surface area contributed by atoms with Crippen molar-refractivity contribution >= 4 is 53.8 Å². The van der Waals surface area contributed by atoms with Gasteiger partial charge in [0.15, 0.2) is 0 Å². The molecule has 1 atom stereocenters. The van der Waals surface area contributed by atoms with Crippen LogP contribution < -0.4 is 4.90 Å². The highest BCUT2D eigenvalue weighted by atomic mass is 79.9. The lowest BCUT2D eigenvalue weighted by molar-refractivity contribution is -0.117. The van der Waals surface area contributed by atoms with Crippen LogP contribution in [0.4, 0.5) is 9.70 Å². The molecular weight excluding hydrogens is 395 g/mol. The van der Waals surface area contributed by atoms with Crippen molar-refractivity contribution in [3.05, 3.63) is 21.2 Å². The number of halogens is 3. The third-order valence-corrected chi connectivity index (χ3v) is 4.66. The molecule has 1 amide bonds. The molecule has 1 unspecified atom stereocenters. The Morgan fingerprint density at radius 1 is 1.44 bits per heavy atom. The maximum atomic E-state index is 12.9. The minimum Gasteiger partial charge on any atom is -0.294 e. The van der Waals surface area contributed by atoms with E-state index in [1.54, 1.807) is 6.07 Å². The van der Waals surface area contributed by atoms with Crippen molar-refractivity contribution in [1.82, 2.24) is 4.98 Å². The number of hydrogen-bond donors (Lipinski definition) is 0. The molecule has 0 saturated carbocycles. The number of pyridine rings is 1. The van der Waals surface area contributed by atoms with Crippen LogP contribution in [0.2, 0.25) is 0 Å². The molecule has 1 aromatic rings. The lowest BCUT2D eigenvalue weighted by atomic mass is 10.4. The van der Waals surface area contributed by atoms with E-state index in [9.17, 15) is 17.1 Å². The summed E-state index contributed by atoms with van der Waals surface area (Å²) in [4.78, 5) is 16.9. The number of anilines is 1. The molecule has 1 saturated heterocycles. The van der Waals surface area contributed by atoms with Gasteiger partial charge in [-0.15, -0.1) is 3.89 Å². The lowest BCUT2D eigenvalue weighted by Gasteiger charge is -2.16. The first-order valence-corrected chi connectivity index (χ1v) is 7.87. The molecule has 0 radical (unpaired) electrons. The number of amides is 1. The fraction of sp³-hybridized carbons (Fsp3) is 0.333. The summed E-state index contributed by atoms with van der Waals surface area (Å²) in [6.45, 7) is -0.217. The van der Waals surface area contributed by atoms with Gasteiger partial charge in [0.05, 0.1) is 4.47 Å². The summed E-state index contributed by atoms with van der Waals surface area (Å²) in [6.07, 6.45) is 1.12. The maximum absolute atomic E-state index is 12.9. The molecule has 2 heterocycles. The Labute approximate surface area is 120 Å². The van der Waals surface area contributed by atoms with Gasteiger partial charge in [0.1, 0.15) is 11.1 Å². The first kappa shape index (κ1) is 13.9. The zero-order valence-electron chi connectivity index (χ0n) is 8.81. The average Bonchev–Trinajstić information content (AvgIpc) is 2.60. The van der Waals surface area contributed by atoms with Crippen molar-refractivity contribution in [2.75, 3.05) is 11.4 Å². The van der Waals surface area contributed by atoms with Crippen molar-refractivity contribution in [3.63, 3.8) is 0 Å². The largest absolute Gasteiger partial charge is 0.307 e. The van der Waals surface area contributed by atoms with Gasteiger partial charge in [-0.1, -0.05) is 0 Å². The molecule has 0 spiro atoms. The molecule has 0 N–H and O–H groups in total. The molecule has 98 valence electrons. The summed E-state index contributed by atoms with van der Waals surface area (Å²) < 4.78 is 35.7. The molecule has 2 rings (SSSR count). The summed E-state index contributed by atoms with van der Waals surface area (Å²) in [5, 5.41) is -1.32. The molecule has 18 heavy (non-hydrogen) atoms. The van der Waals surface area contributed by atoms with E-state index in [4.69, 9.17) is 0 Å². The van der Waals surface area contributed by atoms with Crippen LogP contribution in [0.3, 0.4) is 0 Å². The molecule has 9 heteroatoms. The van der Waals surface area contributed by atoms with Gasteiger partial charge in [-0.25, -0.2) is 4.98 Å². The molecule has 1 fully saturated rings.